The van der Waals surface area contributed by atoms with Gasteiger partial charge in [0.05, 0.1) is 0 Å². The van der Waals surface area contributed by atoms with Crippen molar-refractivity contribution < 1.29 is 0 Å². The van der Waals surface area contributed by atoms with Crippen molar-refractivity contribution in [3.8, 4) is 0 Å². The minimum absolute atomic E-state index is 0.188. The molecule has 1 aromatic carbocycles. The molecule has 1 unspecified atom stereocenters. The van der Waals surface area contributed by atoms with E-state index in [1.807, 2.05) is 0 Å². The Balaban J connectivity index is 2.56. The molecule has 0 aromatic heterocycles. The number of benzene rings is 1. The van der Waals surface area contributed by atoms with Crippen molar-refractivity contribution in [2.24, 2.45) is 5.41 Å². The predicted octanol–water partition coefficient (Wildman–Crippen LogP) is 4.14. The lowest BCUT2D eigenvalue weighted by atomic mass is 9.85. The topological polar surface area (TPSA) is 24.1 Å². The zero-order chi connectivity index (χ0) is 15.2. The molecular weight excluding hydrogens is 244 g/mol. The van der Waals surface area contributed by atoms with Gasteiger partial charge in [-0.05, 0) is 38.2 Å². The van der Waals surface area contributed by atoms with E-state index in [9.17, 15) is 0 Å². The normalized spacial score (nSPS) is 14.3. The Morgan fingerprint density at radius 1 is 0.900 bits per heavy atom. The van der Waals surface area contributed by atoms with Gasteiger partial charge in [-0.3, -0.25) is 0 Å². The molecule has 0 saturated carbocycles. The summed E-state index contributed by atoms with van der Waals surface area (Å²) in [6, 6.07) is 11.2. The van der Waals surface area contributed by atoms with Crippen molar-refractivity contribution in [2.45, 2.75) is 59.5 Å². The molecule has 1 aromatic rings. The Morgan fingerprint density at radius 3 is 2.00 bits per heavy atom. The van der Waals surface area contributed by atoms with Crippen LogP contribution < -0.4 is 10.6 Å². The minimum atomic E-state index is 0.188. The third-order valence-electron chi connectivity index (χ3n) is 3.19. The molecule has 2 heteroatoms. The molecule has 0 saturated heterocycles. The number of hydrogen-bond donors (Lipinski definition) is 2. The summed E-state index contributed by atoms with van der Waals surface area (Å²) >= 11 is 0. The van der Waals surface area contributed by atoms with Gasteiger partial charge in [-0.2, -0.15) is 0 Å². The molecule has 0 fully saturated rings. The summed E-state index contributed by atoms with van der Waals surface area (Å²) in [6.07, 6.45) is 1.15. The van der Waals surface area contributed by atoms with Gasteiger partial charge in [0, 0.05) is 24.7 Å². The summed E-state index contributed by atoms with van der Waals surface area (Å²) in [5.74, 6) is 0. The van der Waals surface area contributed by atoms with Crippen LogP contribution >= 0.6 is 0 Å². The summed E-state index contributed by atoms with van der Waals surface area (Å²) in [5.41, 5.74) is 1.90. The van der Waals surface area contributed by atoms with Crippen molar-refractivity contribution in [2.75, 3.05) is 13.1 Å². The Hall–Kier alpha value is -0.860. The highest BCUT2D eigenvalue weighted by molar-refractivity contribution is 5.19. The highest BCUT2D eigenvalue weighted by Crippen LogP contribution is 2.29. The number of hydrogen-bond acceptors (Lipinski definition) is 2. The molecular formula is C18H32N2. The fourth-order valence-corrected chi connectivity index (χ4v) is 2.29. The SMILES string of the molecule is CC(C)(C)CC(NCCNC(C)(C)C)c1ccccc1. The third-order valence-corrected chi connectivity index (χ3v) is 3.19. The van der Waals surface area contributed by atoms with Gasteiger partial charge < -0.3 is 10.6 Å². The lowest BCUT2D eigenvalue weighted by molar-refractivity contribution is 0.307. The molecule has 0 amide bonds. The smallest absolute Gasteiger partial charge is 0.0325 e. The molecule has 1 rings (SSSR count). The number of nitrogens with one attached hydrogen (secondary N) is 2. The lowest BCUT2D eigenvalue weighted by Crippen LogP contribution is -2.41. The van der Waals surface area contributed by atoms with Gasteiger partial charge in [0.15, 0.2) is 0 Å². The van der Waals surface area contributed by atoms with E-state index in [0.29, 0.717) is 11.5 Å². The van der Waals surface area contributed by atoms with Crippen molar-refractivity contribution in [3.05, 3.63) is 35.9 Å². The summed E-state index contributed by atoms with van der Waals surface area (Å²) in [5, 5.41) is 7.23. The second-order valence-electron chi connectivity index (χ2n) is 7.86. The van der Waals surface area contributed by atoms with Crippen LogP contribution in [0.2, 0.25) is 0 Å². The monoisotopic (exact) mass is 276 g/mol. The fraction of sp³-hybridized carbons (Fsp3) is 0.667. The maximum absolute atomic E-state index is 3.70. The molecule has 0 heterocycles. The first-order chi connectivity index (χ1) is 9.17. The van der Waals surface area contributed by atoms with Crippen LogP contribution in [0.25, 0.3) is 0 Å². The molecule has 0 spiro atoms. The molecule has 0 bridgehead atoms. The van der Waals surface area contributed by atoms with Crippen molar-refractivity contribution >= 4 is 0 Å². The first-order valence-corrected chi connectivity index (χ1v) is 7.71. The first kappa shape index (κ1) is 17.2. The van der Waals surface area contributed by atoms with E-state index in [1.54, 1.807) is 0 Å². The molecule has 0 aliphatic rings. The highest BCUT2D eigenvalue weighted by Gasteiger charge is 2.19. The van der Waals surface area contributed by atoms with Crippen LogP contribution in [-0.4, -0.2) is 18.6 Å². The van der Waals surface area contributed by atoms with E-state index in [1.165, 1.54) is 5.56 Å². The van der Waals surface area contributed by atoms with Crippen molar-refractivity contribution in [1.29, 1.82) is 0 Å². The van der Waals surface area contributed by atoms with Crippen molar-refractivity contribution in [3.63, 3.8) is 0 Å². The maximum Gasteiger partial charge on any atom is 0.0325 e. The zero-order valence-electron chi connectivity index (χ0n) is 14.1. The van der Waals surface area contributed by atoms with Crippen LogP contribution in [0.1, 0.15) is 59.6 Å². The first-order valence-electron chi connectivity index (χ1n) is 7.71. The van der Waals surface area contributed by atoms with E-state index >= 15 is 0 Å². The Bertz CT molecular complexity index is 371. The van der Waals surface area contributed by atoms with Crippen LogP contribution in [0.3, 0.4) is 0 Å². The van der Waals surface area contributed by atoms with Gasteiger partial charge in [0.2, 0.25) is 0 Å². The molecule has 2 nitrogen and oxygen atoms in total. The second kappa shape index (κ2) is 7.24. The second-order valence-corrected chi connectivity index (χ2v) is 7.86. The van der Waals surface area contributed by atoms with Gasteiger partial charge >= 0.3 is 0 Å². The maximum atomic E-state index is 3.70. The van der Waals surface area contributed by atoms with E-state index < -0.39 is 0 Å². The Labute approximate surface area is 125 Å². The minimum Gasteiger partial charge on any atom is -0.311 e. The molecule has 0 radical (unpaired) electrons. The van der Waals surface area contributed by atoms with Crippen molar-refractivity contribution in [1.82, 2.24) is 10.6 Å². The largest absolute Gasteiger partial charge is 0.311 e. The highest BCUT2D eigenvalue weighted by atomic mass is 15.0. The molecule has 2 N–H and O–H groups in total. The van der Waals surface area contributed by atoms with Crippen LogP contribution in [0.15, 0.2) is 30.3 Å². The summed E-state index contributed by atoms with van der Waals surface area (Å²) in [7, 11) is 0. The Kier molecular flexibility index (Phi) is 6.22. The summed E-state index contributed by atoms with van der Waals surface area (Å²) in [6.45, 7) is 15.5. The average Bonchev–Trinajstić information content (AvgIpc) is 2.31. The molecule has 0 aliphatic carbocycles. The van der Waals surface area contributed by atoms with Gasteiger partial charge in [-0.15, -0.1) is 0 Å². The third kappa shape index (κ3) is 7.66. The Morgan fingerprint density at radius 2 is 1.50 bits per heavy atom. The quantitative estimate of drug-likeness (QED) is 0.763. The molecule has 0 aliphatic heterocycles. The van der Waals surface area contributed by atoms with Crippen LogP contribution in [0.4, 0.5) is 0 Å². The standard InChI is InChI=1S/C18H32N2/c1-17(2,3)14-16(15-10-8-7-9-11-15)19-12-13-20-18(4,5)6/h7-11,16,19-20H,12-14H2,1-6H3. The van der Waals surface area contributed by atoms with E-state index in [4.69, 9.17) is 0 Å². The van der Waals surface area contributed by atoms with Crippen LogP contribution in [0.5, 0.6) is 0 Å². The summed E-state index contributed by atoms with van der Waals surface area (Å²) < 4.78 is 0. The van der Waals surface area contributed by atoms with Gasteiger partial charge in [0.1, 0.15) is 0 Å². The van der Waals surface area contributed by atoms with E-state index in [-0.39, 0.29) is 5.54 Å². The van der Waals surface area contributed by atoms with Gasteiger partial charge in [0.25, 0.3) is 0 Å². The summed E-state index contributed by atoms with van der Waals surface area (Å²) in [4.78, 5) is 0. The molecule has 20 heavy (non-hydrogen) atoms. The van der Waals surface area contributed by atoms with E-state index in [0.717, 1.165) is 19.5 Å². The fourth-order valence-electron chi connectivity index (χ4n) is 2.29. The van der Waals surface area contributed by atoms with Crippen LogP contribution in [0, 0.1) is 5.41 Å². The zero-order valence-corrected chi connectivity index (χ0v) is 14.1. The van der Waals surface area contributed by atoms with Gasteiger partial charge in [-0.1, -0.05) is 51.1 Å². The van der Waals surface area contributed by atoms with E-state index in [2.05, 4.69) is 82.5 Å². The number of rotatable bonds is 6. The van der Waals surface area contributed by atoms with Crippen LogP contribution in [-0.2, 0) is 0 Å². The average molecular weight is 276 g/mol. The lowest BCUT2D eigenvalue weighted by Gasteiger charge is -2.28. The molecule has 114 valence electrons. The predicted molar refractivity (Wildman–Crippen MR) is 89.0 cm³/mol. The molecule has 1 atom stereocenters. The van der Waals surface area contributed by atoms with Gasteiger partial charge in [-0.25, -0.2) is 0 Å².